The van der Waals surface area contributed by atoms with Crippen molar-refractivity contribution in [3.8, 4) is 0 Å². The highest BCUT2D eigenvalue weighted by Crippen LogP contribution is 2.20. The molecule has 1 aliphatic rings. The van der Waals surface area contributed by atoms with Gasteiger partial charge in [-0.3, -0.25) is 23.7 Å². The summed E-state index contributed by atoms with van der Waals surface area (Å²) in [5.74, 6) is 2.07. The number of hydrogen-bond donors (Lipinski definition) is 1. The SMILES string of the molecule is Cc1ccc(CN2CCSCC2)cc1NC(=O)Cn1cnc2c(cnn2C)c1=O. The van der Waals surface area contributed by atoms with Crippen molar-refractivity contribution in [3.05, 3.63) is 52.2 Å². The van der Waals surface area contributed by atoms with Gasteiger partial charge >= 0.3 is 0 Å². The minimum Gasteiger partial charge on any atom is -0.324 e. The maximum atomic E-state index is 12.6. The largest absolute Gasteiger partial charge is 0.324 e. The molecule has 0 aliphatic carbocycles. The number of carbonyl (C=O) groups excluding carboxylic acids is 1. The van der Waals surface area contributed by atoms with Gasteiger partial charge in [0, 0.05) is 43.9 Å². The zero-order valence-corrected chi connectivity index (χ0v) is 17.4. The normalized spacial score (nSPS) is 15.0. The zero-order valence-electron chi connectivity index (χ0n) is 16.6. The van der Waals surface area contributed by atoms with Crippen LogP contribution in [0.2, 0.25) is 0 Å². The quantitative estimate of drug-likeness (QED) is 0.686. The van der Waals surface area contributed by atoms with Crippen LogP contribution in [0, 0.1) is 6.92 Å². The van der Waals surface area contributed by atoms with Gasteiger partial charge in [-0.1, -0.05) is 12.1 Å². The van der Waals surface area contributed by atoms with Crippen LogP contribution < -0.4 is 10.9 Å². The third kappa shape index (κ3) is 4.35. The molecule has 0 atom stereocenters. The van der Waals surface area contributed by atoms with Crippen LogP contribution in [-0.4, -0.2) is 54.7 Å². The lowest BCUT2D eigenvalue weighted by Gasteiger charge is -2.26. The fourth-order valence-corrected chi connectivity index (χ4v) is 4.42. The minimum atomic E-state index is -0.272. The van der Waals surface area contributed by atoms with Crippen LogP contribution in [0.1, 0.15) is 11.1 Å². The average Bonchev–Trinajstić information content (AvgIpc) is 3.09. The highest BCUT2D eigenvalue weighted by Gasteiger charge is 2.14. The molecule has 0 unspecified atom stereocenters. The summed E-state index contributed by atoms with van der Waals surface area (Å²) in [5, 5.41) is 7.40. The number of benzene rings is 1. The fraction of sp³-hybridized carbons (Fsp3) is 0.400. The molecule has 1 saturated heterocycles. The molecular formula is C20H24N6O2S. The number of hydrogen-bond acceptors (Lipinski definition) is 6. The van der Waals surface area contributed by atoms with Crippen LogP contribution in [0.4, 0.5) is 5.69 Å². The summed E-state index contributed by atoms with van der Waals surface area (Å²) in [6, 6.07) is 6.16. The second kappa shape index (κ2) is 8.38. The molecule has 3 aromatic rings. The number of nitrogens with zero attached hydrogens (tertiary/aromatic N) is 5. The van der Waals surface area contributed by atoms with Gasteiger partial charge in [0.1, 0.15) is 18.3 Å². The van der Waals surface area contributed by atoms with E-state index in [4.69, 9.17) is 0 Å². The number of aryl methyl sites for hydroxylation is 2. The second-order valence-corrected chi connectivity index (χ2v) is 8.49. The van der Waals surface area contributed by atoms with E-state index < -0.39 is 0 Å². The van der Waals surface area contributed by atoms with Gasteiger partial charge in [0.15, 0.2) is 5.65 Å². The first-order chi connectivity index (χ1) is 14.0. The van der Waals surface area contributed by atoms with Crippen LogP contribution >= 0.6 is 11.8 Å². The summed E-state index contributed by atoms with van der Waals surface area (Å²) >= 11 is 1.99. The van der Waals surface area contributed by atoms with Gasteiger partial charge in [0.05, 0.1) is 6.20 Å². The Morgan fingerprint density at radius 2 is 2.07 bits per heavy atom. The molecule has 3 heterocycles. The maximum absolute atomic E-state index is 12.6. The summed E-state index contributed by atoms with van der Waals surface area (Å²) in [6.45, 7) is 4.93. The number of carbonyl (C=O) groups is 1. The predicted molar refractivity (Wildman–Crippen MR) is 115 cm³/mol. The molecule has 4 rings (SSSR count). The van der Waals surface area contributed by atoms with Gasteiger partial charge in [-0.2, -0.15) is 16.9 Å². The molecule has 0 radical (unpaired) electrons. The van der Waals surface area contributed by atoms with Gasteiger partial charge in [0.2, 0.25) is 5.91 Å². The number of thioether (sulfide) groups is 1. The van der Waals surface area contributed by atoms with E-state index >= 15 is 0 Å². The Bertz CT molecular complexity index is 1100. The third-order valence-electron chi connectivity index (χ3n) is 5.12. The zero-order chi connectivity index (χ0) is 20.4. The van der Waals surface area contributed by atoms with E-state index in [1.165, 1.54) is 38.8 Å². The van der Waals surface area contributed by atoms with Crippen molar-refractivity contribution >= 4 is 34.4 Å². The summed E-state index contributed by atoms with van der Waals surface area (Å²) in [5.41, 5.74) is 3.18. The lowest BCUT2D eigenvalue weighted by Crippen LogP contribution is -2.32. The first-order valence-corrected chi connectivity index (χ1v) is 10.7. The van der Waals surface area contributed by atoms with Gasteiger partial charge in [-0.25, -0.2) is 4.98 Å². The number of aromatic nitrogens is 4. The lowest BCUT2D eigenvalue weighted by atomic mass is 10.1. The molecule has 2 aromatic heterocycles. The van der Waals surface area contributed by atoms with Crippen LogP contribution in [0.3, 0.4) is 0 Å². The van der Waals surface area contributed by atoms with Crippen molar-refractivity contribution in [2.24, 2.45) is 7.05 Å². The molecule has 1 aromatic carbocycles. The number of fused-ring (bicyclic) bond motifs is 1. The van der Waals surface area contributed by atoms with Crippen LogP contribution in [0.15, 0.2) is 35.5 Å². The van der Waals surface area contributed by atoms with Crippen molar-refractivity contribution < 1.29 is 4.79 Å². The molecule has 0 spiro atoms. The van der Waals surface area contributed by atoms with Crippen LogP contribution in [-0.2, 0) is 24.9 Å². The van der Waals surface area contributed by atoms with Crippen molar-refractivity contribution in [2.45, 2.75) is 20.0 Å². The topological polar surface area (TPSA) is 85.1 Å². The number of amides is 1. The molecule has 0 saturated carbocycles. The van der Waals surface area contributed by atoms with Crippen LogP contribution in [0.25, 0.3) is 11.0 Å². The Morgan fingerprint density at radius 3 is 2.86 bits per heavy atom. The molecular weight excluding hydrogens is 388 g/mol. The molecule has 29 heavy (non-hydrogen) atoms. The number of nitrogens with one attached hydrogen (secondary N) is 1. The van der Waals surface area contributed by atoms with E-state index in [0.29, 0.717) is 11.0 Å². The highest BCUT2D eigenvalue weighted by atomic mass is 32.2. The Morgan fingerprint density at radius 1 is 1.28 bits per heavy atom. The third-order valence-corrected chi connectivity index (χ3v) is 6.06. The second-order valence-electron chi connectivity index (χ2n) is 7.27. The number of anilines is 1. The maximum Gasteiger partial charge on any atom is 0.264 e. The summed E-state index contributed by atoms with van der Waals surface area (Å²) in [6.07, 6.45) is 2.87. The fourth-order valence-electron chi connectivity index (χ4n) is 3.44. The monoisotopic (exact) mass is 412 g/mol. The highest BCUT2D eigenvalue weighted by molar-refractivity contribution is 7.99. The Labute approximate surface area is 172 Å². The molecule has 8 nitrogen and oxygen atoms in total. The molecule has 0 bridgehead atoms. The van der Waals surface area contributed by atoms with Crippen molar-refractivity contribution in [3.63, 3.8) is 0 Å². The Balaban J connectivity index is 1.47. The molecule has 152 valence electrons. The van der Waals surface area contributed by atoms with E-state index in [1.54, 1.807) is 7.05 Å². The van der Waals surface area contributed by atoms with E-state index in [9.17, 15) is 9.59 Å². The van der Waals surface area contributed by atoms with Gasteiger partial charge in [-0.05, 0) is 24.1 Å². The predicted octanol–water partition coefficient (Wildman–Crippen LogP) is 1.63. The molecule has 1 fully saturated rings. The summed E-state index contributed by atoms with van der Waals surface area (Å²) < 4.78 is 2.85. The van der Waals surface area contributed by atoms with Gasteiger partial charge < -0.3 is 5.32 Å². The summed E-state index contributed by atoms with van der Waals surface area (Å²) in [4.78, 5) is 31.8. The summed E-state index contributed by atoms with van der Waals surface area (Å²) in [7, 11) is 1.73. The smallest absolute Gasteiger partial charge is 0.264 e. The van der Waals surface area contributed by atoms with E-state index in [0.717, 1.165) is 30.9 Å². The lowest BCUT2D eigenvalue weighted by molar-refractivity contribution is -0.116. The van der Waals surface area contributed by atoms with Gasteiger partial charge in [0.25, 0.3) is 5.56 Å². The van der Waals surface area contributed by atoms with E-state index in [1.807, 2.05) is 30.8 Å². The Hall–Kier alpha value is -2.65. The molecule has 1 N–H and O–H groups in total. The van der Waals surface area contributed by atoms with E-state index in [-0.39, 0.29) is 18.0 Å². The van der Waals surface area contributed by atoms with Crippen LogP contribution in [0.5, 0.6) is 0 Å². The first kappa shape index (κ1) is 19.7. The van der Waals surface area contributed by atoms with Gasteiger partial charge in [-0.15, -0.1) is 0 Å². The Kier molecular flexibility index (Phi) is 5.68. The van der Waals surface area contributed by atoms with Crippen molar-refractivity contribution in [1.82, 2.24) is 24.2 Å². The molecule has 1 amide bonds. The standard InChI is InChI=1S/C20H24N6O2S/c1-14-3-4-15(11-25-5-7-29-8-6-25)9-17(14)23-18(27)12-26-13-21-19-16(20(26)28)10-22-24(19)2/h3-4,9-10,13H,5-8,11-12H2,1-2H3,(H,23,27). The van der Waals surface area contributed by atoms with Crippen molar-refractivity contribution in [2.75, 3.05) is 29.9 Å². The molecule has 9 heteroatoms. The number of rotatable bonds is 5. The molecule has 1 aliphatic heterocycles. The minimum absolute atomic E-state index is 0.0936. The van der Waals surface area contributed by atoms with Crippen molar-refractivity contribution in [1.29, 1.82) is 0 Å². The average molecular weight is 413 g/mol. The van der Waals surface area contributed by atoms with E-state index in [2.05, 4.69) is 26.4 Å². The first-order valence-electron chi connectivity index (χ1n) is 9.58.